The molecule has 0 fully saturated rings. The fraction of sp³-hybridized carbons (Fsp3) is 0.235. The summed E-state index contributed by atoms with van der Waals surface area (Å²) in [6.45, 7) is 4.47. The summed E-state index contributed by atoms with van der Waals surface area (Å²) in [5, 5.41) is 2.86. The maximum atomic E-state index is 12.2. The molecular weight excluding hydrogens is 264 g/mol. The van der Waals surface area contributed by atoms with Crippen molar-refractivity contribution in [3.63, 3.8) is 0 Å². The number of ether oxygens (including phenoxy) is 1. The van der Waals surface area contributed by atoms with Crippen LogP contribution in [-0.2, 0) is 4.79 Å². The average Bonchev–Trinajstić information content (AvgIpc) is 2.50. The van der Waals surface area contributed by atoms with E-state index in [1.54, 1.807) is 0 Å². The molecule has 0 aliphatic heterocycles. The van der Waals surface area contributed by atoms with Crippen molar-refractivity contribution in [1.82, 2.24) is 0 Å². The third kappa shape index (κ3) is 3.83. The molecule has 0 bridgehead atoms. The van der Waals surface area contributed by atoms with Gasteiger partial charge in [0.15, 0.2) is 0 Å². The normalized spacial score (nSPS) is 11.8. The van der Waals surface area contributed by atoms with Crippen LogP contribution in [0.25, 0.3) is 0 Å². The summed E-state index contributed by atoms with van der Waals surface area (Å²) in [5.74, 6) is 0.564. The first-order chi connectivity index (χ1) is 10.1. The van der Waals surface area contributed by atoms with E-state index < -0.39 is 6.04 Å². The second-order valence-corrected chi connectivity index (χ2v) is 4.79. The van der Waals surface area contributed by atoms with Gasteiger partial charge in [0.1, 0.15) is 11.8 Å². The van der Waals surface area contributed by atoms with E-state index in [0.29, 0.717) is 6.61 Å². The summed E-state index contributed by atoms with van der Waals surface area (Å²) in [6.07, 6.45) is 0. The zero-order valence-corrected chi connectivity index (χ0v) is 12.3. The molecule has 0 aliphatic carbocycles. The molecule has 2 rings (SSSR count). The Morgan fingerprint density at radius 3 is 2.57 bits per heavy atom. The Labute approximate surface area is 124 Å². The van der Waals surface area contributed by atoms with Crippen molar-refractivity contribution in [1.29, 1.82) is 0 Å². The molecule has 0 radical (unpaired) electrons. The third-order valence-electron chi connectivity index (χ3n) is 3.21. The molecule has 0 spiro atoms. The summed E-state index contributed by atoms with van der Waals surface area (Å²) in [4.78, 5) is 12.2. The SMILES string of the molecule is CCOc1ccc(NC(=O)[C@@H](N)c2ccccc2)c(C)c1. The van der Waals surface area contributed by atoms with Crippen molar-refractivity contribution in [2.24, 2.45) is 5.73 Å². The Balaban J connectivity index is 2.09. The second kappa shape index (κ2) is 6.90. The molecule has 3 N–H and O–H groups in total. The summed E-state index contributed by atoms with van der Waals surface area (Å²) >= 11 is 0. The molecule has 0 aliphatic rings. The number of benzene rings is 2. The van der Waals surface area contributed by atoms with Gasteiger partial charge < -0.3 is 15.8 Å². The molecule has 0 aromatic heterocycles. The van der Waals surface area contributed by atoms with Gasteiger partial charge in [-0.2, -0.15) is 0 Å². The number of hydrogen-bond acceptors (Lipinski definition) is 3. The molecule has 1 amide bonds. The van der Waals surface area contributed by atoms with Crippen LogP contribution in [0.5, 0.6) is 5.75 Å². The number of carbonyl (C=O) groups excluding carboxylic acids is 1. The number of rotatable bonds is 5. The fourth-order valence-electron chi connectivity index (χ4n) is 2.06. The van der Waals surface area contributed by atoms with Gasteiger partial charge in [0.2, 0.25) is 5.91 Å². The number of amides is 1. The molecule has 0 heterocycles. The first-order valence-electron chi connectivity index (χ1n) is 6.96. The highest BCUT2D eigenvalue weighted by molar-refractivity contribution is 5.96. The van der Waals surface area contributed by atoms with Gasteiger partial charge in [-0.25, -0.2) is 0 Å². The lowest BCUT2D eigenvalue weighted by atomic mass is 10.1. The highest BCUT2D eigenvalue weighted by Gasteiger charge is 2.16. The largest absolute Gasteiger partial charge is 0.494 e. The Morgan fingerprint density at radius 1 is 1.24 bits per heavy atom. The maximum Gasteiger partial charge on any atom is 0.245 e. The third-order valence-corrected chi connectivity index (χ3v) is 3.21. The molecule has 4 nitrogen and oxygen atoms in total. The Kier molecular flexibility index (Phi) is 4.95. The molecular formula is C17H20N2O2. The molecule has 2 aromatic rings. The minimum Gasteiger partial charge on any atom is -0.494 e. The van der Waals surface area contributed by atoms with Crippen molar-refractivity contribution < 1.29 is 9.53 Å². The lowest BCUT2D eigenvalue weighted by Crippen LogP contribution is -2.27. The van der Waals surface area contributed by atoms with Crippen LogP contribution in [0.3, 0.4) is 0 Å². The van der Waals surface area contributed by atoms with E-state index in [-0.39, 0.29) is 5.91 Å². The summed E-state index contributed by atoms with van der Waals surface area (Å²) in [6, 6.07) is 14.2. The number of carbonyl (C=O) groups is 1. The molecule has 4 heteroatoms. The average molecular weight is 284 g/mol. The van der Waals surface area contributed by atoms with Crippen molar-refractivity contribution in [3.05, 3.63) is 59.7 Å². The van der Waals surface area contributed by atoms with Crippen LogP contribution in [0.2, 0.25) is 0 Å². The molecule has 2 aromatic carbocycles. The summed E-state index contributed by atoms with van der Waals surface area (Å²) in [5.41, 5.74) is 8.45. The van der Waals surface area contributed by atoms with E-state index in [0.717, 1.165) is 22.6 Å². The molecule has 0 saturated heterocycles. The van der Waals surface area contributed by atoms with Gasteiger partial charge in [-0.3, -0.25) is 4.79 Å². The fourth-order valence-corrected chi connectivity index (χ4v) is 2.06. The van der Waals surface area contributed by atoms with Crippen LogP contribution in [0.15, 0.2) is 48.5 Å². The minimum atomic E-state index is -0.683. The van der Waals surface area contributed by atoms with Gasteiger partial charge in [0.25, 0.3) is 0 Å². The molecule has 110 valence electrons. The Hall–Kier alpha value is -2.33. The van der Waals surface area contributed by atoms with Gasteiger partial charge in [-0.05, 0) is 43.2 Å². The van der Waals surface area contributed by atoms with Gasteiger partial charge >= 0.3 is 0 Å². The number of anilines is 1. The Bertz CT molecular complexity index is 611. The smallest absolute Gasteiger partial charge is 0.245 e. The minimum absolute atomic E-state index is 0.228. The Morgan fingerprint density at radius 2 is 1.95 bits per heavy atom. The van der Waals surface area contributed by atoms with Crippen molar-refractivity contribution in [2.45, 2.75) is 19.9 Å². The quantitative estimate of drug-likeness (QED) is 0.887. The van der Waals surface area contributed by atoms with Crippen LogP contribution in [-0.4, -0.2) is 12.5 Å². The lowest BCUT2D eigenvalue weighted by molar-refractivity contribution is -0.117. The molecule has 0 saturated carbocycles. The number of nitrogens with one attached hydrogen (secondary N) is 1. The van der Waals surface area contributed by atoms with Crippen molar-refractivity contribution in [3.8, 4) is 5.75 Å². The lowest BCUT2D eigenvalue weighted by Gasteiger charge is -2.15. The topological polar surface area (TPSA) is 64.3 Å². The van der Waals surface area contributed by atoms with Crippen molar-refractivity contribution >= 4 is 11.6 Å². The van der Waals surface area contributed by atoms with E-state index >= 15 is 0 Å². The van der Waals surface area contributed by atoms with E-state index in [2.05, 4.69) is 5.32 Å². The standard InChI is InChI=1S/C17H20N2O2/c1-3-21-14-9-10-15(12(2)11-14)19-17(20)16(18)13-7-5-4-6-8-13/h4-11,16H,3,18H2,1-2H3,(H,19,20)/t16-/m0/s1. The van der Waals surface area contributed by atoms with Crippen molar-refractivity contribution in [2.75, 3.05) is 11.9 Å². The van der Waals surface area contributed by atoms with Gasteiger partial charge in [-0.15, -0.1) is 0 Å². The molecule has 0 unspecified atom stereocenters. The van der Waals surface area contributed by atoms with Crippen LogP contribution in [0.1, 0.15) is 24.1 Å². The molecule has 1 atom stereocenters. The van der Waals surface area contributed by atoms with Crippen LogP contribution in [0, 0.1) is 6.92 Å². The summed E-state index contributed by atoms with van der Waals surface area (Å²) < 4.78 is 5.43. The number of aryl methyl sites for hydroxylation is 1. The van der Waals surface area contributed by atoms with E-state index in [1.165, 1.54) is 0 Å². The number of hydrogen-bond donors (Lipinski definition) is 2. The highest BCUT2D eigenvalue weighted by Crippen LogP contribution is 2.22. The zero-order valence-electron chi connectivity index (χ0n) is 12.3. The second-order valence-electron chi connectivity index (χ2n) is 4.79. The predicted octanol–water partition coefficient (Wildman–Crippen LogP) is 3.03. The zero-order chi connectivity index (χ0) is 15.2. The highest BCUT2D eigenvalue weighted by atomic mass is 16.5. The van der Waals surface area contributed by atoms with Crippen LogP contribution >= 0.6 is 0 Å². The summed E-state index contributed by atoms with van der Waals surface area (Å²) in [7, 11) is 0. The maximum absolute atomic E-state index is 12.2. The first-order valence-corrected chi connectivity index (χ1v) is 6.96. The van der Waals surface area contributed by atoms with E-state index in [4.69, 9.17) is 10.5 Å². The van der Waals surface area contributed by atoms with Gasteiger partial charge in [0, 0.05) is 5.69 Å². The van der Waals surface area contributed by atoms with Gasteiger partial charge in [0.05, 0.1) is 6.61 Å². The number of nitrogens with two attached hydrogens (primary N) is 1. The van der Waals surface area contributed by atoms with E-state index in [9.17, 15) is 4.79 Å². The molecule has 21 heavy (non-hydrogen) atoms. The first kappa shape index (κ1) is 15.1. The monoisotopic (exact) mass is 284 g/mol. The van der Waals surface area contributed by atoms with Gasteiger partial charge in [-0.1, -0.05) is 30.3 Å². The van der Waals surface area contributed by atoms with Crippen LogP contribution < -0.4 is 15.8 Å². The predicted molar refractivity (Wildman–Crippen MR) is 84.3 cm³/mol. The van der Waals surface area contributed by atoms with E-state index in [1.807, 2.05) is 62.4 Å². The van der Waals surface area contributed by atoms with Crippen LogP contribution in [0.4, 0.5) is 5.69 Å².